The monoisotopic (exact) mass is 1800 g/mol. The smallest absolute Gasteiger partial charge is 0.266 e. The van der Waals surface area contributed by atoms with Gasteiger partial charge in [-0.2, -0.15) is 0 Å². The molecule has 4 atom stereocenters. The second-order valence-electron chi connectivity index (χ2n) is 36.5. The van der Waals surface area contributed by atoms with Crippen LogP contribution in [0.4, 0.5) is 11.4 Å². The number of hydrogen-bond donors (Lipinski definition) is 2. The first-order chi connectivity index (χ1) is 61.7. The highest BCUT2D eigenvalue weighted by Gasteiger charge is 2.53. The molecular weight excluding hydrogens is 1690 g/mol. The maximum Gasteiger partial charge on any atom is 0.266 e. The number of thiol groups is 1. The summed E-state index contributed by atoms with van der Waals surface area (Å²) in [4.78, 5) is 75.1. The van der Waals surface area contributed by atoms with Crippen LogP contribution in [0.25, 0.3) is 92.0 Å². The van der Waals surface area contributed by atoms with E-state index in [4.69, 9.17) is 26.7 Å². The fraction of sp³-hybridized carbons (Fsp3) is 0.327. The van der Waals surface area contributed by atoms with Crippen LogP contribution in [0.1, 0.15) is 248 Å². The third-order valence-corrected chi connectivity index (χ3v) is 45.0. The average molecular weight is 1800 g/mol. The van der Waals surface area contributed by atoms with Crippen molar-refractivity contribution in [3.63, 3.8) is 0 Å². The molecule has 0 bridgehead atoms. The van der Waals surface area contributed by atoms with E-state index >= 15 is 19.2 Å². The molecule has 17 heteroatoms. The summed E-state index contributed by atoms with van der Waals surface area (Å²) in [6.07, 6.45) is 33.0. The lowest BCUT2D eigenvalue weighted by molar-refractivity contribution is 0.0877. The standard InChI is InChI=1S/C110H114N4O6S5Si2/c1-13-22-27-68(18-6)61-126(62-69(19-7)28-23-14-2)91-55-77(26-17-5)122-103(91)106-94(126)60-90(125-106)80-50-49-79(101(111)102(80)112-121)89-59-93-105(124-89)104-92(127(93,63-70(20-8)29-24-15-3)64-71(21-9)30-25-16-4)56-78(123-104)48-39-72-37-42-74(43-38-72)114-108(116)84-54-52-82-97-87(119-75-44-33-66(11)34-45-75)57-85-95-83(107(115)113(109(85)117)73-40-31-65(10)32-41-73)53-51-81(99(95)97)98-88(120-76-46-35-67(12)36-47-76)58-86(110(114)118)96(84)100(82)98/h17,26,31-60,68-71,111,121H,13-16,18-25,27-30,61-64H2,1-12H3/b26-17+,48-39+,111-101?,112-102?. The first-order valence-electron chi connectivity index (χ1n) is 46.6. The van der Waals surface area contributed by atoms with Gasteiger partial charge in [0.05, 0.1) is 28.2 Å². The van der Waals surface area contributed by atoms with Crippen molar-refractivity contribution in [1.82, 2.24) is 0 Å². The minimum Gasteiger partial charge on any atom is -0.457 e. The van der Waals surface area contributed by atoms with Gasteiger partial charge in [0.2, 0.25) is 0 Å². The van der Waals surface area contributed by atoms with Crippen LogP contribution < -0.4 is 40.0 Å². The maximum atomic E-state index is 15.9. The van der Waals surface area contributed by atoms with Gasteiger partial charge >= 0.3 is 0 Å². The fourth-order valence-electron chi connectivity index (χ4n) is 21.6. The van der Waals surface area contributed by atoms with Crippen LogP contribution in [0, 0.1) is 49.9 Å². The van der Waals surface area contributed by atoms with Gasteiger partial charge in [-0.15, -0.1) is 45.3 Å². The van der Waals surface area contributed by atoms with Crippen molar-refractivity contribution in [3.8, 4) is 42.5 Å². The third-order valence-electron chi connectivity index (χ3n) is 28.4. The summed E-state index contributed by atoms with van der Waals surface area (Å²) in [5.41, 5.74) is 9.21. The molecule has 4 aromatic heterocycles. The van der Waals surface area contributed by atoms with Gasteiger partial charge in [-0.05, 0) is 235 Å². The SMILES string of the molecule is C/C=C/c1cc2c(s1)-c1sc(C3=CC=C(c4cc5c(s4)-c4sc(/C=C/c6ccc(N7C(=O)c8ccc9c%10c(Oc%11ccc(C)cc%11)cc%11c%12c(ccc(c%13c(Oc%14ccc(C)cc%14)cc(c8c9%13)C7=O)c%12%10)C(=O)N(c7ccc(C)cc7)C%11=O)cc6)cc4[Si]5(CC(CC)CCCC)CC(CC)CCCC)C(=N)C3=NS)cc1[Si]2(CC(CC)CCCC)CC(CC)CCCC. The molecular formula is C110H114N4O6S5Si2. The Kier molecular flexibility index (Phi) is 25.2. The number of benzene rings is 9. The zero-order valence-electron chi connectivity index (χ0n) is 75.3. The summed E-state index contributed by atoms with van der Waals surface area (Å²) < 4.78 is 18.9. The summed E-state index contributed by atoms with van der Waals surface area (Å²) in [6, 6.07) is 56.9. The van der Waals surface area contributed by atoms with Crippen LogP contribution in [0.3, 0.4) is 0 Å². The minimum atomic E-state index is -2.53. The number of anilines is 2. The number of allylic oxidation sites excluding steroid dienone is 5. The number of unbranched alkanes of at least 4 members (excludes halogenated alkanes) is 4. The van der Waals surface area contributed by atoms with Crippen molar-refractivity contribution in [2.24, 2.45) is 28.1 Å². The molecule has 648 valence electrons. The molecule has 13 aromatic rings. The highest BCUT2D eigenvalue weighted by atomic mass is 32.1. The number of amides is 4. The van der Waals surface area contributed by atoms with E-state index in [2.05, 4.69) is 123 Å². The van der Waals surface area contributed by atoms with Crippen molar-refractivity contribution in [3.05, 3.63) is 240 Å². The first kappa shape index (κ1) is 87.7. The molecule has 0 spiro atoms. The van der Waals surface area contributed by atoms with Gasteiger partial charge in [-0.3, -0.25) is 24.6 Å². The molecule has 4 amide bonds. The Balaban J connectivity index is 0.709. The Bertz CT molecular complexity index is 6630. The number of fused-ring (bicyclic) bond motifs is 8. The number of nitrogens with zero attached hydrogens (tertiary/aromatic N) is 3. The number of imide groups is 2. The topological polar surface area (TPSA) is 129 Å². The third kappa shape index (κ3) is 15.6. The van der Waals surface area contributed by atoms with E-state index in [1.165, 1.54) is 158 Å². The van der Waals surface area contributed by atoms with Gasteiger partial charge in [-0.25, -0.2) is 14.2 Å². The van der Waals surface area contributed by atoms with Gasteiger partial charge < -0.3 is 9.47 Å². The summed E-state index contributed by atoms with van der Waals surface area (Å²) >= 11 is 12.6. The number of nitrogens with one attached hydrogen (secondary N) is 1. The molecule has 1 N–H and O–H groups in total. The van der Waals surface area contributed by atoms with Crippen LogP contribution in [0.2, 0.25) is 24.2 Å². The van der Waals surface area contributed by atoms with E-state index in [1.807, 2.05) is 163 Å². The molecule has 0 saturated carbocycles. The van der Waals surface area contributed by atoms with Crippen LogP contribution >= 0.6 is 58.2 Å². The Morgan fingerprint density at radius 3 is 1.17 bits per heavy atom. The zero-order chi connectivity index (χ0) is 88.4. The van der Waals surface area contributed by atoms with E-state index in [9.17, 15) is 5.41 Å². The van der Waals surface area contributed by atoms with E-state index in [1.54, 1.807) is 57.1 Å². The molecule has 9 aromatic carbocycles. The summed E-state index contributed by atoms with van der Waals surface area (Å²) in [5.74, 6) is 2.44. The molecule has 0 fully saturated rings. The number of aryl methyl sites for hydroxylation is 3. The number of carbonyl (C=O) groups excluding carboxylic acids is 4. The van der Waals surface area contributed by atoms with Crippen LogP contribution in [-0.2, 0) is 0 Å². The molecule has 5 aliphatic rings. The molecule has 0 radical (unpaired) electrons. The summed E-state index contributed by atoms with van der Waals surface area (Å²) in [6.45, 7) is 27.2. The Hall–Kier alpha value is -9.96. The highest BCUT2D eigenvalue weighted by Crippen LogP contribution is 2.56. The molecule has 1 aliphatic carbocycles. The van der Waals surface area contributed by atoms with E-state index in [-0.39, 0.29) is 5.56 Å². The van der Waals surface area contributed by atoms with Gasteiger partial charge in [-0.1, -0.05) is 260 Å². The second kappa shape index (κ2) is 36.5. The summed E-state index contributed by atoms with van der Waals surface area (Å²) in [5, 5.41) is 21.7. The van der Waals surface area contributed by atoms with E-state index in [0.29, 0.717) is 129 Å². The van der Waals surface area contributed by atoms with Crippen molar-refractivity contribution in [1.29, 1.82) is 5.41 Å². The normalized spacial score (nSPS) is 17.8. The number of rotatable bonds is 35. The first-order valence-corrected chi connectivity index (χ1v) is 55.1. The summed E-state index contributed by atoms with van der Waals surface area (Å²) in [7, 11) is -4.83. The second-order valence-corrected chi connectivity index (χ2v) is 49.1. The number of carbonyl (C=O) groups is 4. The van der Waals surface area contributed by atoms with Gasteiger partial charge in [0.25, 0.3) is 23.6 Å². The van der Waals surface area contributed by atoms with Crippen LogP contribution in [0.15, 0.2) is 180 Å². The lowest BCUT2D eigenvalue weighted by Crippen LogP contribution is -2.56. The molecule has 4 aliphatic heterocycles. The number of ether oxygens (including phenoxy) is 2. The zero-order valence-corrected chi connectivity index (χ0v) is 81.5. The predicted octanol–water partition coefficient (Wildman–Crippen LogP) is 30.0. The molecule has 0 saturated heterocycles. The molecule has 10 nitrogen and oxygen atoms in total. The van der Waals surface area contributed by atoms with E-state index in [0.717, 1.165) is 51.1 Å². The average Bonchev–Trinajstić information content (AvgIpc) is 1.68. The number of thiophene rings is 4. The Morgan fingerprint density at radius 2 is 0.772 bits per heavy atom. The highest BCUT2D eigenvalue weighted by molar-refractivity contribution is 7.79. The quantitative estimate of drug-likeness (QED) is 0.0102. The number of hydrogen-bond acceptors (Lipinski definition) is 13. The van der Waals surface area contributed by atoms with Gasteiger partial charge in [0.15, 0.2) is 0 Å². The van der Waals surface area contributed by atoms with Crippen LogP contribution in [0.5, 0.6) is 23.0 Å². The van der Waals surface area contributed by atoms with Crippen molar-refractivity contribution in [2.75, 3.05) is 9.80 Å². The Morgan fingerprint density at radius 1 is 0.409 bits per heavy atom. The fourth-order valence-corrected chi connectivity index (χ4v) is 42.5. The minimum absolute atomic E-state index is 0.288. The lowest BCUT2D eigenvalue weighted by atomic mass is 9.81. The lowest BCUT2D eigenvalue weighted by Gasteiger charge is -2.35. The molecule has 8 heterocycles. The van der Waals surface area contributed by atoms with Crippen molar-refractivity contribution >= 4 is 214 Å². The molecule has 127 heavy (non-hydrogen) atoms. The predicted molar refractivity (Wildman–Crippen MR) is 552 cm³/mol. The maximum absolute atomic E-state index is 15.9. The van der Waals surface area contributed by atoms with Crippen LogP contribution in [-0.4, -0.2) is 51.2 Å². The molecule has 4 unspecified atom stereocenters. The Labute approximate surface area is 772 Å². The largest absolute Gasteiger partial charge is 0.457 e. The molecule has 18 rings (SSSR count). The van der Waals surface area contributed by atoms with Crippen molar-refractivity contribution < 1.29 is 28.7 Å². The van der Waals surface area contributed by atoms with Gasteiger partial charge in [0, 0.05) is 93.6 Å². The van der Waals surface area contributed by atoms with Gasteiger partial charge in [0.1, 0.15) is 44.9 Å². The van der Waals surface area contributed by atoms with E-state index < -0.39 is 39.8 Å². The van der Waals surface area contributed by atoms with Crippen molar-refractivity contribution in [2.45, 2.75) is 210 Å².